The Morgan fingerprint density at radius 1 is 1.24 bits per heavy atom. The van der Waals surface area contributed by atoms with E-state index in [0.717, 1.165) is 6.42 Å². The van der Waals surface area contributed by atoms with E-state index in [1.165, 1.54) is 14.2 Å². The topological polar surface area (TPSA) is 52.6 Å². The van der Waals surface area contributed by atoms with Crippen molar-refractivity contribution in [2.75, 3.05) is 14.2 Å². The second kappa shape index (κ2) is 4.02. The van der Waals surface area contributed by atoms with Crippen molar-refractivity contribution in [3.05, 3.63) is 23.3 Å². The molecule has 0 bridgehead atoms. The molecule has 2 unspecified atom stereocenters. The van der Waals surface area contributed by atoms with E-state index in [1.807, 2.05) is 19.1 Å². The molecule has 0 aromatic carbocycles. The van der Waals surface area contributed by atoms with E-state index < -0.39 is 0 Å². The molecule has 1 fully saturated rings. The minimum absolute atomic E-state index is 0.0859. The van der Waals surface area contributed by atoms with Gasteiger partial charge in [0.2, 0.25) is 0 Å². The zero-order chi connectivity index (χ0) is 12.6. The van der Waals surface area contributed by atoms with Crippen LogP contribution in [-0.2, 0) is 19.1 Å². The highest BCUT2D eigenvalue weighted by atomic mass is 16.5. The number of esters is 2. The summed E-state index contributed by atoms with van der Waals surface area (Å²) in [6, 6.07) is 0. The molecule has 2 aliphatic rings. The monoisotopic (exact) mass is 236 g/mol. The number of fused-ring (bicyclic) bond motifs is 1. The largest absolute Gasteiger partial charge is 0.466 e. The van der Waals surface area contributed by atoms with Crippen molar-refractivity contribution in [3.8, 4) is 0 Å². The zero-order valence-electron chi connectivity index (χ0n) is 10.3. The molecule has 92 valence electrons. The molecule has 1 saturated carbocycles. The molecule has 0 N–H and O–H groups in total. The lowest BCUT2D eigenvalue weighted by molar-refractivity contribution is -0.138. The Morgan fingerprint density at radius 2 is 1.88 bits per heavy atom. The maximum absolute atomic E-state index is 11.7. The van der Waals surface area contributed by atoms with Crippen molar-refractivity contribution >= 4 is 11.9 Å². The van der Waals surface area contributed by atoms with Gasteiger partial charge in [-0.3, -0.25) is 0 Å². The third-order valence-electron chi connectivity index (χ3n) is 3.71. The average Bonchev–Trinajstić information content (AvgIpc) is 3.00. The number of rotatable bonds is 2. The third-order valence-corrected chi connectivity index (χ3v) is 3.71. The van der Waals surface area contributed by atoms with Gasteiger partial charge in [0, 0.05) is 22.5 Å². The van der Waals surface area contributed by atoms with E-state index >= 15 is 0 Å². The van der Waals surface area contributed by atoms with Gasteiger partial charge >= 0.3 is 11.9 Å². The smallest absolute Gasteiger partial charge is 0.333 e. The summed E-state index contributed by atoms with van der Waals surface area (Å²) in [6.07, 6.45) is 5.06. The van der Waals surface area contributed by atoms with Crippen molar-refractivity contribution in [1.82, 2.24) is 0 Å². The van der Waals surface area contributed by atoms with Crippen LogP contribution in [0.3, 0.4) is 0 Å². The fraction of sp³-hybridized carbons (Fsp3) is 0.538. The van der Waals surface area contributed by atoms with Crippen LogP contribution in [0.15, 0.2) is 23.3 Å². The summed E-state index contributed by atoms with van der Waals surface area (Å²) in [5.41, 5.74) is 1.11. The lowest BCUT2D eigenvalue weighted by atomic mass is 9.93. The van der Waals surface area contributed by atoms with Crippen molar-refractivity contribution in [3.63, 3.8) is 0 Å². The Bertz CT molecular complexity index is 433. The quantitative estimate of drug-likeness (QED) is 0.683. The molecule has 0 heterocycles. The number of hydrogen-bond donors (Lipinski definition) is 0. The van der Waals surface area contributed by atoms with Gasteiger partial charge < -0.3 is 9.47 Å². The Kier molecular flexibility index (Phi) is 2.81. The molecule has 0 aliphatic heterocycles. The summed E-state index contributed by atoms with van der Waals surface area (Å²) >= 11 is 0. The minimum Gasteiger partial charge on any atom is -0.466 e. The Morgan fingerprint density at radius 3 is 2.47 bits per heavy atom. The fourth-order valence-corrected chi connectivity index (χ4v) is 2.56. The Balaban J connectivity index is 2.27. The first-order valence-corrected chi connectivity index (χ1v) is 5.62. The molecule has 0 aromatic rings. The molecule has 2 rings (SSSR count). The number of methoxy groups -OCH3 is 2. The molecule has 4 heteroatoms. The molecule has 2 aliphatic carbocycles. The second-order valence-corrected chi connectivity index (χ2v) is 4.67. The number of allylic oxidation sites excluding steroid dienone is 2. The first-order chi connectivity index (χ1) is 8.04. The summed E-state index contributed by atoms with van der Waals surface area (Å²) < 4.78 is 9.55. The SMILES string of the molecule is COC(=O)C1=CCC=C(C(=O)OC)C2(C)CC12. The molecule has 0 saturated heterocycles. The minimum atomic E-state index is -0.297. The fourth-order valence-electron chi connectivity index (χ4n) is 2.56. The summed E-state index contributed by atoms with van der Waals surface area (Å²) in [7, 11) is 2.76. The summed E-state index contributed by atoms with van der Waals surface area (Å²) in [4.78, 5) is 23.3. The molecule has 0 spiro atoms. The molecule has 4 nitrogen and oxygen atoms in total. The van der Waals surface area contributed by atoms with Gasteiger partial charge in [0.15, 0.2) is 0 Å². The van der Waals surface area contributed by atoms with Gasteiger partial charge in [0.05, 0.1) is 14.2 Å². The summed E-state index contributed by atoms with van der Waals surface area (Å²) in [5.74, 6) is -0.504. The van der Waals surface area contributed by atoms with Crippen LogP contribution in [0.5, 0.6) is 0 Å². The van der Waals surface area contributed by atoms with Gasteiger partial charge in [-0.2, -0.15) is 0 Å². The predicted molar refractivity (Wildman–Crippen MR) is 61.0 cm³/mol. The number of carbonyl (C=O) groups excluding carboxylic acids is 2. The molecular formula is C13H16O4. The van der Waals surface area contributed by atoms with Crippen LogP contribution in [0.1, 0.15) is 19.8 Å². The van der Waals surface area contributed by atoms with Gasteiger partial charge in [-0.1, -0.05) is 19.1 Å². The van der Waals surface area contributed by atoms with Crippen LogP contribution in [-0.4, -0.2) is 26.2 Å². The molecular weight excluding hydrogens is 220 g/mol. The lowest BCUT2D eigenvalue weighted by Gasteiger charge is -2.13. The van der Waals surface area contributed by atoms with Crippen molar-refractivity contribution < 1.29 is 19.1 Å². The third kappa shape index (κ3) is 1.77. The molecule has 17 heavy (non-hydrogen) atoms. The van der Waals surface area contributed by atoms with E-state index in [0.29, 0.717) is 17.6 Å². The predicted octanol–water partition coefficient (Wildman–Crippen LogP) is 1.62. The zero-order valence-corrected chi connectivity index (χ0v) is 10.3. The van der Waals surface area contributed by atoms with E-state index in [2.05, 4.69) is 0 Å². The van der Waals surface area contributed by atoms with Gasteiger partial charge in [0.25, 0.3) is 0 Å². The van der Waals surface area contributed by atoms with Crippen LogP contribution in [0, 0.1) is 11.3 Å². The standard InChI is InChI=1S/C13H16O4/c1-13-7-10(13)8(11(14)16-2)5-4-6-9(13)12(15)17-3/h5-6,10H,4,7H2,1-3H3. The van der Waals surface area contributed by atoms with E-state index in [1.54, 1.807) is 0 Å². The first kappa shape index (κ1) is 11.9. The normalized spacial score (nSPS) is 30.4. The van der Waals surface area contributed by atoms with Crippen molar-refractivity contribution in [2.24, 2.45) is 11.3 Å². The maximum atomic E-state index is 11.7. The van der Waals surface area contributed by atoms with E-state index in [4.69, 9.17) is 9.47 Å². The van der Waals surface area contributed by atoms with Gasteiger partial charge in [-0.25, -0.2) is 9.59 Å². The molecule has 2 atom stereocenters. The van der Waals surface area contributed by atoms with Crippen molar-refractivity contribution in [2.45, 2.75) is 19.8 Å². The Hall–Kier alpha value is -1.58. The summed E-state index contributed by atoms with van der Waals surface area (Å²) in [5, 5.41) is 0. The van der Waals surface area contributed by atoms with Gasteiger partial charge in [-0.05, 0) is 12.8 Å². The van der Waals surface area contributed by atoms with Crippen LogP contribution < -0.4 is 0 Å². The average molecular weight is 236 g/mol. The highest BCUT2D eigenvalue weighted by molar-refractivity contribution is 5.95. The van der Waals surface area contributed by atoms with Crippen molar-refractivity contribution in [1.29, 1.82) is 0 Å². The van der Waals surface area contributed by atoms with Crippen LogP contribution in [0.2, 0.25) is 0 Å². The molecule has 0 aromatic heterocycles. The van der Waals surface area contributed by atoms with Crippen LogP contribution in [0.25, 0.3) is 0 Å². The van der Waals surface area contributed by atoms with Crippen LogP contribution >= 0.6 is 0 Å². The lowest BCUT2D eigenvalue weighted by Crippen LogP contribution is -2.16. The maximum Gasteiger partial charge on any atom is 0.333 e. The highest BCUT2D eigenvalue weighted by Crippen LogP contribution is 2.62. The highest BCUT2D eigenvalue weighted by Gasteiger charge is 2.58. The number of ether oxygens (including phenoxy) is 2. The van der Waals surface area contributed by atoms with E-state index in [-0.39, 0.29) is 23.3 Å². The second-order valence-electron chi connectivity index (χ2n) is 4.67. The number of hydrogen-bond acceptors (Lipinski definition) is 4. The van der Waals surface area contributed by atoms with Gasteiger partial charge in [0.1, 0.15) is 0 Å². The summed E-state index contributed by atoms with van der Waals surface area (Å²) in [6.45, 7) is 1.99. The van der Waals surface area contributed by atoms with Crippen LogP contribution in [0.4, 0.5) is 0 Å². The molecule has 0 radical (unpaired) electrons. The van der Waals surface area contributed by atoms with Gasteiger partial charge in [-0.15, -0.1) is 0 Å². The number of carbonyl (C=O) groups is 2. The Labute approximate surface area is 100 Å². The van der Waals surface area contributed by atoms with E-state index in [9.17, 15) is 9.59 Å². The molecule has 0 amide bonds. The first-order valence-electron chi connectivity index (χ1n) is 5.62.